The Labute approximate surface area is 564 Å². The number of benzene rings is 13. The molecule has 0 aromatic heterocycles. The second kappa shape index (κ2) is 29.0. The predicted octanol–water partition coefficient (Wildman–Crippen LogP) is 21.9. The monoisotopic (exact) mass is 1310 g/mol. The van der Waals surface area contributed by atoms with Gasteiger partial charge in [-0.15, -0.1) is 0 Å². The average molecular weight is 1310 g/mol. The summed E-state index contributed by atoms with van der Waals surface area (Å²) in [5.41, 5.74) is 14.1. The SMILES string of the molecule is COc1cc(OC)c(C(c2ccc(C(c3ccc(F)cc3)c3ccc(F)cc3)cc2)c2ccc(C(c3ccc(F)cc3)c3ccc(F)cc3)cc2)c(OC)c1C(c1ccc(C(c2ccc(F)cc2)c2ccc(F)cc2)cc1)c1ccc(C(c2ccc(F)cc2)c2ccc(F)cc2)cc1. The van der Waals surface area contributed by atoms with Gasteiger partial charge in [-0.2, -0.15) is 0 Å². The maximum absolute atomic E-state index is 14.6. The van der Waals surface area contributed by atoms with E-state index in [-0.39, 0.29) is 0 Å². The molecule has 3 nitrogen and oxygen atoms in total. The van der Waals surface area contributed by atoms with E-state index in [4.69, 9.17) is 14.2 Å². The van der Waals surface area contributed by atoms with Gasteiger partial charge in [0.2, 0.25) is 0 Å². The minimum Gasteiger partial charge on any atom is -0.496 e. The lowest BCUT2D eigenvalue weighted by atomic mass is 9.76. The molecular weight excluding hydrogens is 1240 g/mol. The lowest BCUT2D eigenvalue weighted by Crippen LogP contribution is -2.14. The van der Waals surface area contributed by atoms with Gasteiger partial charge >= 0.3 is 0 Å². The molecule has 0 saturated heterocycles. The molecule has 0 amide bonds. The van der Waals surface area contributed by atoms with Crippen LogP contribution in [0, 0.1) is 46.5 Å². The standard InChI is InChI=1S/C87H64F8O3/c1-96-77-52-78(97-2)86(84(67-16-8-55(9-17-67)81(61-28-44-73(92)45-29-61)62-30-46-74(93)47-31-62)68-18-10-56(11-19-68)82(63-32-48-75(94)49-33-63)64-34-50-76(95)51-35-64)87(98-3)85(77)83(65-12-4-53(5-13-65)79(57-20-36-69(88)37-21-57)58-22-38-70(89)39-23-58)66-14-6-54(7-15-66)80(59-24-40-71(90)41-25-59)60-26-42-72(91)43-27-60/h4-52,79-84H,1-3H3. The smallest absolute Gasteiger partial charge is 0.134 e. The molecule has 13 aromatic rings. The number of hydrogen-bond donors (Lipinski definition) is 0. The molecule has 0 heterocycles. The third-order valence-corrected chi connectivity index (χ3v) is 18.5. The minimum absolute atomic E-state index is 0.398. The van der Waals surface area contributed by atoms with Crippen molar-refractivity contribution in [3.8, 4) is 17.2 Å². The van der Waals surface area contributed by atoms with E-state index < -0.39 is 82.0 Å². The van der Waals surface area contributed by atoms with Gasteiger partial charge in [0.05, 0.1) is 21.3 Å². The van der Waals surface area contributed by atoms with Gasteiger partial charge in [0.1, 0.15) is 63.8 Å². The average Bonchev–Trinajstić information content (AvgIpc) is 0.743. The van der Waals surface area contributed by atoms with Crippen LogP contribution in [0.4, 0.5) is 35.1 Å². The summed E-state index contributed by atoms with van der Waals surface area (Å²) in [6.07, 6.45) is 0. The Kier molecular flexibility index (Phi) is 19.3. The Morgan fingerprint density at radius 2 is 0.296 bits per heavy atom. The highest BCUT2D eigenvalue weighted by Gasteiger charge is 2.35. The second-order valence-corrected chi connectivity index (χ2v) is 24.3. The fourth-order valence-electron chi connectivity index (χ4n) is 13.9. The normalized spacial score (nSPS) is 11.6. The maximum Gasteiger partial charge on any atom is 0.134 e. The molecule has 0 saturated carbocycles. The van der Waals surface area contributed by atoms with Crippen LogP contribution in [0.3, 0.4) is 0 Å². The molecular formula is C87H64F8O3. The Balaban J connectivity index is 1.03. The number of hydrogen-bond acceptors (Lipinski definition) is 3. The van der Waals surface area contributed by atoms with Crippen LogP contribution in [-0.2, 0) is 0 Å². The van der Waals surface area contributed by atoms with Crippen molar-refractivity contribution in [2.75, 3.05) is 21.3 Å². The quantitative estimate of drug-likeness (QED) is 0.0530. The number of methoxy groups -OCH3 is 3. The molecule has 0 N–H and O–H groups in total. The predicted molar refractivity (Wildman–Crippen MR) is 369 cm³/mol. The van der Waals surface area contributed by atoms with Gasteiger partial charge < -0.3 is 14.2 Å². The molecule has 0 aliphatic heterocycles. The molecule has 98 heavy (non-hydrogen) atoms. The van der Waals surface area contributed by atoms with Gasteiger partial charge in [0.25, 0.3) is 0 Å². The molecule has 13 aromatic carbocycles. The van der Waals surface area contributed by atoms with E-state index in [2.05, 4.69) is 0 Å². The van der Waals surface area contributed by atoms with Crippen molar-refractivity contribution in [1.29, 1.82) is 0 Å². The fraction of sp³-hybridized carbons (Fsp3) is 0.103. The zero-order chi connectivity index (χ0) is 68.0. The number of halogens is 8. The minimum atomic E-state index is -0.692. The summed E-state index contributed by atoms with van der Waals surface area (Å²) in [5, 5.41) is 0. The summed E-state index contributed by atoms with van der Waals surface area (Å²) < 4.78 is 137. The van der Waals surface area contributed by atoms with Crippen molar-refractivity contribution < 1.29 is 49.3 Å². The van der Waals surface area contributed by atoms with Crippen molar-refractivity contribution in [3.05, 3.63) is 444 Å². The maximum atomic E-state index is 14.6. The van der Waals surface area contributed by atoms with Crippen molar-refractivity contribution in [2.24, 2.45) is 0 Å². The molecule has 0 atom stereocenters. The first-order chi connectivity index (χ1) is 47.7. The third kappa shape index (κ3) is 13.9. The number of rotatable bonds is 21. The van der Waals surface area contributed by atoms with Gasteiger partial charge in [0, 0.05) is 52.7 Å². The molecule has 0 spiro atoms. The van der Waals surface area contributed by atoms with Crippen molar-refractivity contribution in [2.45, 2.75) is 35.5 Å². The fourth-order valence-corrected chi connectivity index (χ4v) is 13.9. The topological polar surface area (TPSA) is 27.7 Å². The van der Waals surface area contributed by atoms with Crippen LogP contribution in [0.2, 0.25) is 0 Å². The highest BCUT2D eigenvalue weighted by atomic mass is 19.2. The summed E-state index contributed by atoms with van der Waals surface area (Å²) in [4.78, 5) is 0. The second-order valence-electron chi connectivity index (χ2n) is 24.3. The lowest BCUT2D eigenvalue weighted by Gasteiger charge is -2.30. The van der Waals surface area contributed by atoms with E-state index >= 15 is 0 Å². The highest BCUT2D eigenvalue weighted by molar-refractivity contribution is 5.68. The summed E-state index contributed by atoms with van der Waals surface area (Å²) >= 11 is 0. The Bertz CT molecular complexity index is 4060. The summed E-state index contributed by atoms with van der Waals surface area (Å²) in [6, 6.07) is 84.3. The Morgan fingerprint density at radius 1 is 0.173 bits per heavy atom. The molecule has 13 rings (SSSR count). The van der Waals surface area contributed by atoms with Crippen LogP contribution in [0.25, 0.3) is 0 Å². The van der Waals surface area contributed by atoms with Crippen molar-refractivity contribution in [3.63, 3.8) is 0 Å². The zero-order valence-corrected chi connectivity index (χ0v) is 53.5. The van der Waals surface area contributed by atoms with Gasteiger partial charge in [-0.1, -0.05) is 194 Å². The highest BCUT2D eigenvalue weighted by Crippen LogP contribution is 2.53. The first kappa shape index (κ1) is 65.4. The van der Waals surface area contributed by atoms with Crippen LogP contribution in [0.5, 0.6) is 17.2 Å². The summed E-state index contributed by atoms with van der Waals surface area (Å²) in [6.45, 7) is 0. The van der Waals surface area contributed by atoms with Crippen LogP contribution >= 0.6 is 0 Å². The molecule has 11 heteroatoms. The van der Waals surface area contributed by atoms with Gasteiger partial charge in [-0.3, -0.25) is 0 Å². The molecule has 0 fully saturated rings. The lowest BCUT2D eigenvalue weighted by molar-refractivity contribution is 0.361. The summed E-state index contributed by atoms with van der Waals surface area (Å²) in [7, 11) is 4.77. The Morgan fingerprint density at radius 3 is 0.418 bits per heavy atom. The molecule has 0 bridgehead atoms. The van der Waals surface area contributed by atoms with Crippen LogP contribution < -0.4 is 14.2 Å². The van der Waals surface area contributed by atoms with Gasteiger partial charge in [-0.05, 0) is 186 Å². The van der Waals surface area contributed by atoms with E-state index in [0.717, 1.165) is 89.0 Å². The van der Waals surface area contributed by atoms with E-state index in [1.165, 1.54) is 97.1 Å². The Hall–Kier alpha value is -11.3. The van der Waals surface area contributed by atoms with Gasteiger partial charge in [-0.25, -0.2) is 35.1 Å². The molecule has 486 valence electrons. The van der Waals surface area contributed by atoms with Crippen molar-refractivity contribution >= 4 is 0 Å². The zero-order valence-electron chi connectivity index (χ0n) is 53.5. The van der Waals surface area contributed by atoms with Gasteiger partial charge in [0.15, 0.2) is 0 Å². The molecule has 0 unspecified atom stereocenters. The summed E-state index contributed by atoms with van der Waals surface area (Å²) in [5.74, 6) is -5.06. The first-order valence-electron chi connectivity index (χ1n) is 32.0. The van der Waals surface area contributed by atoms with E-state index in [1.807, 2.05) is 103 Å². The van der Waals surface area contributed by atoms with Crippen molar-refractivity contribution in [1.82, 2.24) is 0 Å². The van der Waals surface area contributed by atoms with E-state index in [1.54, 1.807) is 118 Å². The van der Waals surface area contributed by atoms with Crippen LogP contribution in [0.15, 0.2) is 297 Å². The molecule has 0 radical (unpaired) electrons. The van der Waals surface area contributed by atoms with Crippen LogP contribution in [-0.4, -0.2) is 21.3 Å². The third-order valence-electron chi connectivity index (χ3n) is 18.5. The first-order valence-corrected chi connectivity index (χ1v) is 32.0. The van der Waals surface area contributed by atoms with E-state index in [0.29, 0.717) is 28.4 Å². The van der Waals surface area contributed by atoms with Crippen LogP contribution in [0.1, 0.15) is 136 Å². The molecule has 0 aliphatic rings. The molecule has 0 aliphatic carbocycles. The largest absolute Gasteiger partial charge is 0.496 e. The van der Waals surface area contributed by atoms with E-state index in [9.17, 15) is 35.1 Å². The number of ether oxygens (including phenoxy) is 3.